The van der Waals surface area contributed by atoms with Crippen LogP contribution in [0.4, 0.5) is 0 Å². The second-order valence-electron chi connectivity index (χ2n) is 4.60. The first-order valence-corrected chi connectivity index (χ1v) is 6.07. The van der Waals surface area contributed by atoms with Gasteiger partial charge in [-0.1, -0.05) is 5.92 Å². The Kier molecular flexibility index (Phi) is 3.82. The van der Waals surface area contributed by atoms with Crippen molar-refractivity contribution in [1.82, 2.24) is 15.1 Å². The molecule has 0 spiro atoms. The molecule has 92 valence electrons. The Balaban J connectivity index is 1.88. The standard InChI is InChI=1S/C13H19N3O/c1-3-4-15-5-7-16(8-6-15)13(17)11(2)12-9-14-10-12/h1,14H,4-10H2,2H3. The van der Waals surface area contributed by atoms with Crippen molar-refractivity contribution in [3.05, 3.63) is 11.1 Å². The lowest BCUT2D eigenvalue weighted by atomic mass is 10.0. The van der Waals surface area contributed by atoms with Crippen molar-refractivity contribution in [3.63, 3.8) is 0 Å². The van der Waals surface area contributed by atoms with E-state index in [0.29, 0.717) is 6.54 Å². The van der Waals surface area contributed by atoms with Gasteiger partial charge in [-0.3, -0.25) is 9.69 Å². The van der Waals surface area contributed by atoms with Crippen LogP contribution in [0.15, 0.2) is 11.1 Å². The lowest BCUT2D eigenvalue weighted by Gasteiger charge is -2.34. The molecule has 2 fully saturated rings. The maximum Gasteiger partial charge on any atom is 0.249 e. The SMILES string of the molecule is C#CCN1CCN(C(=O)C(C)=C2CNC2)CC1. The topological polar surface area (TPSA) is 35.6 Å². The minimum Gasteiger partial charge on any atom is -0.336 e. The smallest absolute Gasteiger partial charge is 0.249 e. The highest BCUT2D eigenvalue weighted by molar-refractivity contribution is 5.94. The highest BCUT2D eigenvalue weighted by Gasteiger charge is 2.24. The normalized spacial score (nSPS) is 20.7. The number of piperazine rings is 1. The lowest BCUT2D eigenvalue weighted by Crippen LogP contribution is -2.49. The first kappa shape index (κ1) is 12.2. The summed E-state index contributed by atoms with van der Waals surface area (Å²) in [6.07, 6.45) is 5.28. The van der Waals surface area contributed by atoms with Gasteiger partial charge in [-0.15, -0.1) is 6.42 Å². The van der Waals surface area contributed by atoms with Crippen molar-refractivity contribution in [3.8, 4) is 12.3 Å². The largest absolute Gasteiger partial charge is 0.336 e. The number of nitrogens with one attached hydrogen (secondary N) is 1. The van der Waals surface area contributed by atoms with Crippen LogP contribution in [-0.2, 0) is 4.79 Å². The summed E-state index contributed by atoms with van der Waals surface area (Å²) in [6.45, 7) is 7.71. The molecule has 2 rings (SSSR count). The van der Waals surface area contributed by atoms with Gasteiger partial charge < -0.3 is 10.2 Å². The van der Waals surface area contributed by atoms with Crippen LogP contribution in [0.1, 0.15) is 6.92 Å². The summed E-state index contributed by atoms with van der Waals surface area (Å²) in [5.41, 5.74) is 2.18. The molecule has 0 bridgehead atoms. The third kappa shape index (κ3) is 2.68. The molecule has 0 aromatic heterocycles. The Hall–Kier alpha value is -1.31. The average Bonchev–Trinajstić information content (AvgIpc) is 2.27. The quantitative estimate of drug-likeness (QED) is 0.525. The van der Waals surface area contributed by atoms with E-state index in [-0.39, 0.29) is 5.91 Å². The average molecular weight is 233 g/mol. The number of carbonyl (C=O) groups is 1. The Bertz CT molecular complexity index is 367. The van der Waals surface area contributed by atoms with Gasteiger partial charge in [0.05, 0.1) is 6.54 Å². The van der Waals surface area contributed by atoms with Gasteiger partial charge in [0.1, 0.15) is 0 Å². The third-order valence-corrected chi connectivity index (χ3v) is 3.50. The molecule has 0 aromatic carbocycles. The van der Waals surface area contributed by atoms with Crippen molar-refractivity contribution in [2.24, 2.45) is 0 Å². The molecule has 0 aliphatic carbocycles. The van der Waals surface area contributed by atoms with E-state index in [2.05, 4.69) is 16.1 Å². The fourth-order valence-electron chi connectivity index (χ4n) is 2.14. The maximum atomic E-state index is 12.2. The first-order valence-electron chi connectivity index (χ1n) is 6.07. The van der Waals surface area contributed by atoms with Crippen LogP contribution in [0.5, 0.6) is 0 Å². The fraction of sp³-hybridized carbons (Fsp3) is 0.615. The molecule has 2 heterocycles. The zero-order valence-corrected chi connectivity index (χ0v) is 10.3. The molecule has 0 saturated carbocycles. The molecular weight excluding hydrogens is 214 g/mol. The predicted octanol–water partition coefficient (Wildman–Crippen LogP) is -0.316. The summed E-state index contributed by atoms with van der Waals surface area (Å²) in [5, 5.41) is 3.16. The van der Waals surface area contributed by atoms with Gasteiger partial charge >= 0.3 is 0 Å². The maximum absolute atomic E-state index is 12.2. The minimum absolute atomic E-state index is 0.196. The highest BCUT2D eigenvalue weighted by atomic mass is 16.2. The van der Waals surface area contributed by atoms with Crippen LogP contribution >= 0.6 is 0 Å². The number of rotatable bonds is 2. The summed E-state index contributed by atoms with van der Waals surface area (Å²) in [6, 6.07) is 0. The minimum atomic E-state index is 0.196. The number of carbonyl (C=O) groups excluding carboxylic acids is 1. The van der Waals surface area contributed by atoms with E-state index in [1.54, 1.807) is 0 Å². The first-order chi connectivity index (χ1) is 8.22. The molecule has 1 amide bonds. The van der Waals surface area contributed by atoms with E-state index < -0.39 is 0 Å². The van der Waals surface area contributed by atoms with Crippen LogP contribution < -0.4 is 5.32 Å². The van der Waals surface area contributed by atoms with E-state index in [0.717, 1.165) is 44.8 Å². The van der Waals surface area contributed by atoms with Crippen molar-refractivity contribution in [2.45, 2.75) is 6.92 Å². The molecule has 0 unspecified atom stereocenters. The second-order valence-corrected chi connectivity index (χ2v) is 4.60. The summed E-state index contributed by atoms with van der Waals surface area (Å²) in [7, 11) is 0. The monoisotopic (exact) mass is 233 g/mol. The van der Waals surface area contributed by atoms with E-state index in [1.807, 2.05) is 11.8 Å². The highest BCUT2D eigenvalue weighted by Crippen LogP contribution is 2.13. The third-order valence-electron chi connectivity index (χ3n) is 3.50. The number of nitrogens with zero attached hydrogens (tertiary/aromatic N) is 2. The fourth-order valence-corrected chi connectivity index (χ4v) is 2.14. The number of terminal acetylenes is 1. The second kappa shape index (κ2) is 5.35. The van der Waals surface area contributed by atoms with Crippen LogP contribution in [0.25, 0.3) is 0 Å². The molecule has 0 radical (unpaired) electrons. The Labute approximate surface area is 103 Å². The van der Waals surface area contributed by atoms with Crippen molar-refractivity contribution >= 4 is 5.91 Å². The van der Waals surface area contributed by atoms with E-state index in [4.69, 9.17) is 6.42 Å². The lowest BCUT2D eigenvalue weighted by molar-refractivity contribution is -0.128. The Morgan fingerprint density at radius 2 is 2.00 bits per heavy atom. The Morgan fingerprint density at radius 1 is 1.35 bits per heavy atom. The molecule has 2 aliphatic rings. The van der Waals surface area contributed by atoms with Crippen LogP contribution in [0, 0.1) is 12.3 Å². The van der Waals surface area contributed by atoms with Crippen molar-refractivity contribution in [2.75, 3.05) is 45.8 Å². The van der Waals surface area contributed by atoms with Crippen LogP contribution in [-0.4, -0.2) is 61.5 Å². The number of hydrogen-bond donors (Lipinski definition) is 1. The molecule has 0 aromatic rings. The van der Waals surface area contributed by atoms with Gasteiger partial charge in [0.25, 0.3) is 0 Å². The van der Waals surface area contributed by atoms with Gasteiger partial charge in [0.2, 0.25) is 5.91 Å². The molecule has 4 heteroatoms. The van der Waals surface area contributed by atoms with Crippen molar-refractivity contribution < 1.29 is 4.79 Å². The van der Waals surface area contributed by atoms with Gasteiger partial charge in [0, 0.05) is 44.8 Å². The van der Waals surface area contributed by atoms with Gasteiger partial charge in [-0.05, 0) is 12.5 Å². The van der Waals surface area contributed by atoms with E-state index in [1.165, 1.54) is 5.57 Å². The van der Waals surface area contributed by atoms with Gasteiger partial charge in [-0.2, -0.15) is 0 Å². The van der Waals surface area contributed by atoms with Gasteiger partial charge in [-0.25, -0.2) is 0 Å². The Morgan fingerprint density at radius 3 is 2.47 bits per heavy atom. The van der Waals surface area contributed by atoms with E-state index >= 15 is 0 Å². The van der Waals surface area contributed by atoms with Crippen LogP contribution in [0.2, 0.25) is 0 Å². The molecule has 2 saturated heterocycles. The molecule has 4 nitrogen and oxygen atoms in total. The molecule has 0 atom stereocenters. The number of hydrogen-bond acceptors (Lipinski definition) is 3. The summed E-state index contributed by atoms with van der Waals surface area (Å²) in [4.78, 5) is 16.3. The summed E-state index contributed by atoms with van der Waals surface area (Å²) in [5.74, 6) is 2.84. The number of amides is 1. The van der Waals surface area contributed by atoms with Crippen LogP contribution in [0.3, 0.4) is 0 Å². The summed E-state index contributed by atoms with van der Waals surface area (Å²) < 4.78 is 0. The van der Waals surface area contributed by atoms with Crippen molar-refractivity contribution in [1.29, 1.82) is 0 Å². The van der Waals surface area contributed by atoms with E-state index in [9.17, 15) is 4.79 Å². The van der Waals surface area contributed by atoms with Gasteiger partial charge in [0.15, 0.2) is 0 Å². The predicted molar refractivity (Wildman–Crippen MR) is 67.4 cm³/mol. The zero-order chi connectivity index (χ0) is 12.3. The summed E-state index contributed by atoms with van der Waals surface area (Å²) >= 11 is 0. The molecule has 1 N–H and O–H groups in total. The zero-order valence-electron chi connectivity index (χ0n) is 10.3. The molecular formula is C13H19N3O. The molecule has 2 aliphatic heterocycles. The molecule has 17 heavy (non-hydrogen) atoms.